The molecule has 4 fully saturated rings. The maximum absolute atomic E-state index is 11.8. The zero-order valence-corrected chi connectivity index (χ0v) is 29.8. The molecule has 0 bridgehead atoms. The molecule has 1 saturated heterocycles. The minimum Gasteiger partial charge on any atom is -0.508 e. The van der Waals surface area contributed by atoms with Gasteiger partial charge in [0, 0.05) is 31.8 Å². The first-order valence-corrected chi connectivity index (χ1v) is 18.8. The highest BCUT2D eigenvalue weighted by molar-refractivity contribution is 5.40. The first kappa shape index (κ1) is 38.2. The van der Waals surface area contributed by atoms with Crippen molar-refractivity contribution < 1.29 is 38.0 Å². The summed E-state index contributed by atoms with van der Waals surface area (Å²) in [5, 5.41) is 37.2. The molecule has 0 amide bonds. The fraction of sp³-hybridized carbons (Fsp3) is 0.737. The maximum Gasteiger partial charge on any atom is 0.434 e. The van der Waals surface area contributed by atoms with Gasteiger partial charge in [-0.2, -0.15) is 13.2 Å². The lowest BCUT2D eigenvalue weighted by atomic mass is 9.55. The molecular weight excluding hydrogens is 663 g/mol. The molecule has 284 valence electrons. The van der Waals surface area contributed by atoms with Gasteiger partial charge in [-0.25, -0.2) is 4.98 Å². The number of nitrogens with zero attached hydrogens (tertiary/aromatic N) is 2. The number of alkyl halides is 3. The largest absolute Gasteiger partial charge is 0.508 e. The van der Waals surface area contributed by atoms with Crippen LogP contribution in [0.5, 0.6) is 5.75 Å². The summed E-state index contributed by atoms with van der Waals surface area (Å²) in [6.07, 6.45) is 7.26. The summed E-state index contributed by atoms with van der Waals surface area (Å²) in [5.41, 5.74) is 7.09. The Morgan fingerprint density at radius 3 is 2.67 bits per heavy atom. The number of phenolic OH excluding ortho intramolecular Hbond substituents is 1. The zero-order valence-electron chi connectivity index (χ0n) is 29.8. The van der Waals surface area contributed by atoms with Gasteiger partial charge in [-0.3, -0.25) is 4.98 Å². The van der Waals surface area contributed by atoms with E-state index in [0.29, 0.717) is 61.0 Å². The fourth-order valence-electron chi connectivity index (χ4n) is 9.81. The minimum atomic E-state index is -4.47. The smallest absolute Gasteiger partial charge is 0.434 e. The Morgan fingerprint density at radius 1 is 1.12 bits per heavy atom. The van der Waals surface area contributed by atoms with Crippen LogP contribution in [0.3, 0.4) is 0 Å². The molecule has 0 radical (unpaired) electrons. The highest BCUT2D eigenvalue weighted by Gasteiger charge is 2.55. The molecule has 1 aromatic heterocycles. The molecule has 13 heteroatoms. The van der Waals surface area contributed by atoms with Crippen LogP contribution in [0.2, 0.25) is 0 Å². The molecular formula is C38H56F3N5O5. The van der Waals surface area contributed by atoms with E-state index in [1.165, 1.54) is 56.1 Å². The number of fused-ring (bicyclic) bond motifs is 5. The quantitative estimate of drug-likeness (QED) is 0.186. The second-order valence-corrected chi connectivity index (χ2v) is 15.9. The normalized spacial score (nSPS) is 35.0. The summed E-state index contributed by atoms with van der Waals surface area (Å²) >= 11 is 0. The van der Waals surface area contributed by atoms with E-state index in [2.05, 4.69) is 40.5 Å². The van der Waals surface area contributed by atoms with Crippen molar-refractivity contribution >= 4 is 5.82 Å². The van der Waals surface area contributed by atoms with Crippen molar-refractivity contribution in [1.29, 1.82) is 0 Å². The van der Waals surface area contributed by atoms with Gasteiger partial charge in [0.05, 0.1) is 37.3 Å². The molecule has 0 spiro atoms. The Balaban J connectivity index is 0.000000349. The van der Waals surface area contributed by atoms with Gasteiger partial charge in [-0.05, 0) is 123 Å². The lowest BCUT2D eigenvalue weighted by Gasteiger charge is -2.50. The van der Waals surface area contributed by atoms with Crippen LogP contribution in [-0.2, 0) is 22.1 Å². The van der Waals surface area contributed by atoms with Crippen molar-refractivity contribution in [2.24, 2.45) is 23.2 Å². The van der Waals surface area contributed by atoms with E-state index in [0.717, 1.165) is 49.9 Å². The number of ether oxygens (including phenoxy) is 2. The Bertz CT molecular complexity index is 1450. The number of nitrogen functional groups attached to an aromatic ring is 1. The lowest BCUT2D eigenvalue weighted by molar-refractivity contribution is -0.141. The molecule has 10 nitrogen and oxygen atoms in total. The predicted molar refractivity (Wildman–Crippen MR) is 187 cm³/mol. The topological polar surface area (TPSA) is 155 Å². The Kier molecular flexibility index (Phi) is 12.1. The standard InChI is InChI=1S/C33H52N2O5.C5H4F3N3/c1-20(35-19-30-32(38)29(37)10-13-39-30)15-21-16-23(17-21)34-12-14-40-31-8-7-28-27-5-3-22-18-24(36)4-6-25(22)26(27)9-11-33(28,31)2;6-5(7,8)3-1-10-2-4(9)11-3/h4,6,18,20-21,23,26-32,34-38H,3,5,7-17,19H2,1-2H3;1-2H,(H2,9,11). The molecule has 51 heavy (non-hydrogen) atoms. The van der Waals surface area contributed by atoms with Gasteiger partial charge in [0.2, 0.25) is 0 Å². The predicted octanol–water partition coefficient (Wildman–Crippen LogP) is 4.96. The highest BCUT2D eigenvalue weighted by Crippen LogP contribution is 2.61. The molecule has 2 heterocycles. The van der Waals surface area contributed by atoms with E-state index >= 15 is 0 Å². The number of benzene rings is 1. The van der Waals surface area contributed by atoms with Crippen LogP contribution < -0.4 is 16.4 Å². The average Bonchev–Trinajstić information content (AvgIpc) is 3.41. The molecule has 2 aromatic rings. The molecule has 3 saturated carbocycles. The summed E-state index contributed by atoms with van der Waals surface area (Å²) in [4.78, 5) is 6.28. The molecule has 7 N–H and O–H groups in total. The number of aliphatic hydroxyl groups is 2. The van der Waals surface area contributed by atoms with Crippen molar-refractivity contribution in [2.75, 3.05) is 32.0 Å². The Hall–Kier alpha value is -2.55. The Labute approximate surface area is 299 Å². The number of nitrogens with two attached hydrogens (primary N) is 1. The number of aliphatic hydroxyl groups excluding tert-OH is 2. The van der Waals surface area contributed by atoms with E-state index in [9.17, 15) is 28.5 Å². The summed E-state index contributed by atoms with van der Waals surface area (Å²) in [7, 11) is 0. The third kappa shape index (κ3) is 8.98. The molecule has 7 rings (SSSR count). The molecule has 1 aliphatic heterocycles. The van der Waals surface area contributed by atoms with Crippen LogP contribution in [0.4, 0.5) is 19.0 Å². The minimum absolute atomic E-state index is 0.236. The number of aromatic nitrogens is 2. The fourth-order valence-corrected chi connectivity index (χ4v) is 9.81. The number of anilines is 1. The maximum atomic E-state index is 11.8. The third-order valence-corrected chi connectivity index (χ3v) is 12.5. The number of halogens is 3. The van der Waals surface area contributed by atoms with Gasteiger partial charge in [0.25, 0.3) is 0 Å². The summed E-state index contributed by atoms with van der Waals surface area (Å²) < 4.78 is 47.7. The molecule has 5 aliphatic rings. The molecule has 9 unspecified atom stereocenters. The number of hydrogen-bond acceptors (Lipinski definition) is 10. The lowest BCUT2D eigenvalue weighted by Crippen LogP contribution is -2.51. The number of phenols is 1. The number of nitrogens with one attached hydrogen (secondary N) is 2. The molecule has 4 aliphatic carbocycles. The summed E-state index contributed by atoms with van der Waals surface area (Å²) in [6.45, 7) is 7.57. The summed E-state index contributed by atoms with van der Waals surface area (Å²) in [6, 6.07) is 7.06. The van der Waals surface area contributed by atoms with Crippen LogP contribution in [0, 0.1) is 23.2 Å². The number of aryl methyl sites for hydroxylation is 1. The van der Waals surface area contributed by atoms with Crippen LogP contribution in [-0.4, -0.2) is 88.1 Å². The Morgan fingerprint density at radius 2 is 1.92 bits per heavy atom. The third-order valence-electron chi connectivity index (χ3n) is 12.5. The second-order valence-electron chi connectivity index (χ2n) is 15.9. The van der Waals surface area contributed by atoms with Crippen molar-refractivity contribution in [3.05, 3.63) is 47.4 Å². The van der Waals surface area contributed by atoms with E-state index in [1.54, 1.807) is 0 Å². The van der Waals surface area contributed by atoms with Crippen molar-refractivity contribution in [1.82, 2.24) is 20.6 Å². The van der Waals surface area contributed by atoms with Gasteiger partial charge in [-0.15, -0.1) is 0 Å². The van der Waals surface area contributed by atoms with E-state index < -0.39 is 24.1 Å². The number of aromatic hydroxyl groups is 1. The molecule has 9 atom stereocenters. The number of hydrogen-bond donors (Lipinski definition) is 6. The van der Waals surface area contributed by atoms with Crippen LogP contribution >= 0.6 is 0 Å². The first-order chi connectivity index (χ1) is 24.3. The van der Waals surface area contributed by atoms with Gasteiger partial charge in [0.15, 0.2) is 5.69 Å². The zero-order chi connectivity index (χ0) is 36.3. The van der Waals surface area contributed by atoms with E-state index in [4.69, 9.17) is 15.2 Å². The van der Waals surface area contributed by atoms with Crippen molar-refractivity contribution in [2.45, 2.75) is 127 Å². The first-order valence-electron chi connectivity index (χ1n) is 18.8. The van der Waals surface area contributed by atoms with E-state index in [-0.39, 0.29) is 11.9 Å². The monoisotopic (exact) mass is 719 g/mol. The highest BCUT2D eigenvalue weighted by atomic mass is 19.4. The molecule has 1 aromatic carbocycles. The van der Waals surface area contributed by atoms with Crippen LogP contribution in [0.25, 0.3) is 0 Å². The van der Waals surface area contributed by atoms with Gasteiger partial charge >= 0.3 is 6.18 Å². The van der Waals surface area contributed by atoms with Crippen LogP contribution in [0.15, 0.2) is 30.6 Å². The van der Waals surface area contributed by atoms with E-state index in [1.807, 2.05) is 12.1 Å². The SMILES string of the molecule is CC(CC1CC(NCCOC2CCC3C4CCc5cc(O)ccc5C4CCC23C)C1)NCC1OCCC(O)C1O.Nc1cncc(C(F)(F)F)n1. The van der Waals surface area contributed by atoms with Crippen LogP contribution in [0.1, 0.15) is 94.4 Å². The number of rotatable bonds is 10. The van der Waals surface area contributed by atoms with Gasteiger partial charge in [0.1, 0.15) is 17.7 Å². The van der Waals surface area contributed by atoms with Gasteiger partial charge < -0.3 is 41.2 Å². The van der Waals surface area contributed by atoms with Crippen molar-refractivity contribution in [3.8, 4) is 5.75 Å². The second kappa shape index (κ2) is 16.2. The average molecular weight is 720 g/mol. The van der Waals surface area contributed by atoms with Crippen molar-refractivity contribution in [3.63, 3.8) is 0 Å². The summed E-state index contributed by atoms with van der Waals surface area (Å²) in [5.74, 6) is 3.09. The van der Waals surface area contributed by atoms with Gasteiger partial charge in [-0.1, -0.05) is 13.0 Å².